The smallest absolute Gasteiger partial charge is 0.0593 e. The Morgan fingerprint density at radius 2 is 1.85 bits per heavy atom. The van der Waals surface area contributed by atoms with Gasteiger partial charge in [0.05, 0.1) is 6.61 Å². The number of rotatable bonds is 10. The average Bonchev–Trinajstić information content (AvgIpc) is 2.44. The molecule has 0 spiro atoms. The number of ether oxygens (including phenoxy) is 1. The first-order valence-electron chi connectivity index (χ1n) is 7.68. The van der Waals surface area contributed by atoms with Crippen molar-refractivity contribution in [1.29, 1.82) is 0 Å². The third-order valence-electron chi connectivity index (χ3n) is 3.40. The zero-order chi connectivity index (χ0) is 14.8. The number of nitrogens with zero attached hydrogens (tertiary/aromatic N) is 1. The third-order valence-corrected chi connectivity index (χ3v) is 3.40. The second-order valence-electron chi connectivity index (χ2n) is 5.66. The minimum absolute atomic E-state index is 0.399. The maximum Gasteiger partial charge on any atom is 0.0593 e. The predicted molar refractivity (Wildman–Crippen MR) is 86.0 cm³/mol. The lowest BCUT2D eigenvalue weighted by molar-refractivity contribution is 0.106. The van der Waals surface area contributed by atoms with Crippen LogP contribution in [0.2, 0.25) is 0 Å². The summed E-state index contributed by atoms with van der Waals surface area (Å²) in [6.45, 7) is 11.1. The highest BCUT2D eigenvalue weighted by Crippen LogP contribution is 2.18. The second kappa shape index (κ2) is 9.92. The van der Waals surface area contributed by atoms with Gasteiger partial charge in [-0.1, -0.05) is 44.2 Å². The molecule has 114 valence electrons. The molecule has 0 heterocycles. The van der Waals surface area contributed by atoms with E-state index < -0.39 is 0 Å². The molecular formula is C17H30N2O. The Labute approximate surface area is 124 Å². The van der Waals surface area contributed by atoms with Gasteiger partial charge in [0.1, 0.15) is 0 Å². The van der Waals surface area contributed by atoms with E-state index in [2.05, 4.69) is 61.4 Å². The van der Waals surface area contributed by atoms with Crippen LogP contribution in [-0.2, 0) is 4.74 Å². The van der Waals surface area contributed by atoms with Crippen molar-refractivity contribution in [3.63, 3.8) is 0 Å². The molecule has 3 heteroatoms. The summed E-state index contributed by atoms with van der Waals surface area (Å²) in [4.78, 5) is 2.37. The van der Waals surface area contributed by atoms with Gasteiger partial charge in [0.2, 0.25) is 0 Å². The SMILES string of the molecule is CCOCCN(C)C(CNCC(C)C)c1ccccc1. The summed E-state index contributed by atoms with van der Waals surface area (Å²) in [5.74, 6) is 0.681. The van der Waals surface area contributed by atoms with E-state index in [1.807, 2.05) is 6.92 Å². The molecule has 0 radical (unpaired) electrons. The maximum atomic E-state index is 5.47. The van der Waals surface area contributed by atoms with Gasteiger partial charge in [-0.25, -0.2) is 0 Å². The third kappa shape index (κ3) is 6.51. The van der Waals surface area contributed by atoms with E-state index in [-0.39, 0.29) is 0 Å². The molecule has 1 N–H and O–H groups in total. The molecule has 0 saturated carbocycles. The first-order chi connectivity index (χ1) is 9.65. The number of benzene rings is 1. The summed E-state index contributed by atoms with van der Waals surface area (Å²) in [7, 11) is 2.17. The Kier molecular flexibility index (Phi) is 8.51. The van der Waals surface area contributed by atoms with Crippen LogP contribution in [0, 0.1) is 5.92 Å². The van der Waals surface area contributed by atoms with Gasteiger partial charge in [-0.05, 0) is 32.0 Å². The Bertz CT molecular complexity index is 340. The number of hydrogen-bond acceptors (Lipinski definition) is 3. The standard InChI is InChI=1S/C17H30N2O/c1-5-20-12-11-19(4)17(14-18-13-15(2)3)16-9-7-6-8-10-16/h6-10,15,17-18H,5,11-14H2,1-4H3. The van der Waals surface area contributed by atoms with E-state index in [1.54, 1.807) is 0 Å². The summed E-state index contributed by atoms with van der Waals surface area (Å²) in [5, 5.41) is 3.57. The van der Waals surface area contributed by atoms with E-state index in [9.17, 15) is 0 Å². The summed E-state index contributed by atoms with van der Waals surface area (Å²) in [6.07, 6.45) is 0. The number of likely N-dealkylation sites (N-methyl/N-ethyl adjacent to an activating group) is 1. The van der Waals surface area contributed by atoms with Gasteiger partial charge in [-0.15, -0.1) is 0 Å². The minimum atomic E-state index is 0.399. The van der Waals surface area contributed by atoms with Gasteiger partial charge in [0, 0.05) is 25.7 Å². The highest BCUT2D eigenvalue weighted by atomic mass is 16.5. The van der Waals surface area contributed by atoms with Crippen LogP contribution >= 0.6 is 0 Å². The second-order valence-corrected chi connectivity index (χ2v) is 5.66. The van der Waals surface area contributed by atoms with Crippen molar-refractivity contribution in [1.82, 2.24) is 10.2 Å². The monoisotopic (exact) mass is 278 g/mol. The first-order valence-corrected chi connectivity index (χ1v) is 7.68. The van der Waals surface area contributed by atoms with Gasteiger partial charge in [-0.3, -0.25) is 4.90 Å². The maximum absolute atomic E-state index is 5.47. The molecule has 1 atom stereocenters. The lowest BCUT2D eigenvalue weighted by Crippen LogP contribution is -2.36. The molecule has 20 heavy (non-hydrogen) atoms. The molecule has 0 aromatic heterocycles. The molecule has 0 aliphatic heterocycles. The zero-order valence-corrected chi connectivity index (χ0v) is 13.4. The van der Waals surface area contributed by atoms with Crippen molar-refractivity contribution >= 4 is 0 Å². The fourth-order valence-electron chi connectivity index (χ4n) is 2.22. The summed E-state index contributed by atoms with van der Waals surface area (Å²) in [6, 6.07) is 11.1. The molecule has 0 aliphatic carbocycles. The van der Waals surface area contributed by atoms with Gasteiger partial charge in [0.25, 0.3) is 0 Å². The lowest BCUT2D eigenvalue weighted by Gasteiger charge is -2.29. The van der Waals surface area contributed by atoms with E-state index >= 15 is 0 Å². The van der Waals surface area contributed by atoms with Crippen LogP contribution in [0.1, 0.15) is 32.4 Å². The van der Waals surface area contributed by atoms with E-state index in [0.717, 1.165) is 32.8 Å². The number of nitrogens with one attached hydrogen (secondary N) is 1. The molecule has 0 amide bonds. The van der Waals surface area contributed by atoms with Crippen LogP contribution in [-0.4, -0.2) is 44.8 Å². The predicted octanol–water partition coefficient (Wildman–Crippen LogP) is 2.94. The van der Waals surface area contributed by atoms with Crippen molar-refractivity contribution in [3.8, 4) is 0 Å². The zero-order valence-electron chi connectivity index (χ0n) is 13.4. The van der Waals surface area contributed by atoms with E-state index in [0.29, 0.717) is 12.0 Å². The summed E-state index contributed by atoms with van der Waals surface area (Å²) >= 11 is 0. The van der Waals surface area contributed by atoms with Gasteiger partial charge in [-0.2, -0.15) is 0 Å². The molecule has 1 rings (SSSR count). The van der Waals surface area contributed by atoms with E-state index in [1.165, 1.54) is 5.56 Å². The molecule has 1 aromatic carbocycles. The Morgan fingerprint density at radius 1 is 1.15 bits per heavy atom. The fraction of sp³-hybridized carbons (Fsp3) is 0.647. The molecular weight excluding hydrogens is 248 g/mol. The van der Waals surface area contributed by atoms with Crippen LogP contribution in [0.25, 0.3) is 0 Å². The minimum Gasteiger partial charge on any atom is -0.380 e. The molecule has 1 unspecified atom stereocenters. The van der Waals surface area contributed by atoms with Gasteiger partial charge >= 0.3 is 0 Å². The van der Waals surface area contributed by atoms with E-state index in [4.69, 9.17) is 4.74 Å². The van der Waals surface area contributed by atoms with Crippen LogP contribution in [0.5, 0.6) is 0 Å². The first kappa shape index (κ1) is 17.2. The normalized spacial score (nSPS) is 13.1. The van der Waals surface area contributed by atoms with Crippen molar-refractivity contribution in [2.24, 2.45) is 5.92 Å². The largest absolute Gasteiger partial charge is 0.380 e. The lowest BCUT2D eigenvalue weighted by atomic mass is 10.1. The quantitative estimate of drug-likeness (QED) is 0.666. The Morgan fingerprint density at radius 3 is 2.45 bits per heavy atom. The highest BCUT2D eigenvalue weighted by molar-refractivity contribution is 5.19. The van der Waals surface area contributed by atoms with Crippen LogP contribution in [0.15, 0.2) is 30.3 Å². The summed E-state index contributed by atoms with van der Waals surface area (Å²) < 4.78 is 5.47. The van der Waals surface area contributed by atoms with Crippen molar-refractivity contribution in [2.75, 3.05) is 39.9 Å². The van der Waals surface area contributed by atoms with Crippen molar-refractivity contribution in [3.05, 3.63) is 35.9 Å². The molecule has 0 aliphatic rings. The molecule has 3 nitrogen and oxygen atoms in total. The highest BCUT2D eigenvalue weighted by Gasteiger charge is 2.16. The van der Waals surface area contributed by atoms with Crippen LogP contribution in [0.3, 0.4) is 0 Å². The topological polar surface area (TPSA) is 24.5 Å². The molecule has 0 bridgehead atoms. The average molecular weight is 278 g/mol. The van der Waals surface area contributed by atoms with Crippen LogP contribution in [0.4, 0.5) is 0 Å². The van der Waals surface area contributed by atoms with Gasteiger partial charge in [0.15, 0.2) is 0 Å². The fourth-order valence-corrected chi connectivity index (χ4v) is 2.22. The van der Waals surface area contributed by atoms with Crippen LogP contribution < -0.4 is 5.32 Å². The number of hydrogen-bond donors (Lipinski definition) is 1. The Balaban J connectivity index is 2.59. The molecule has 0 saturated heterocycles. The Hall–Kier alpha value is -0.900. The summed E-state index contributed by atoms with van der Waals surface area (Å²) in [5.41, 5.74) is 1.36. The van der Waals surface area contributed by atoms with Gasteiger partial charge < -0.3 is 10.1 Å². The van der Waals surface area contributed by atoms with Crippen molar-refractivity contribution < 1.29 is 4.74 Å². The molecule has 0 fully saturated rings. The molecule has 1 aromatic rings. The van der Waals surface area contributed by atoms with Crippen molar-refractivity contribution in [2.45, 2.75) is 26.8 Å².